The van der Waals surface area contributed by atoms with Gasteiger partial charge in [-0.25, -0.2) is 0 Å². The van der Waals surface area contributed by atoms with Crippen molar-refractivity contribution in [2.45, 2.75) is 110 Å². The lowest BCUT2D eigenvalue weighted by Gasteiger charge is -2.23. The van der Waals surface area contributed by atoms with E-state index in [4.69, 9.17) is 5.11 Å². The fourth-order valence-electron chi connectivity index (χ4n) is 3.66. The molecule has 0 spiro atoms. The van der Waals surface area contributed by atoms with Crippen LogP contribution in [0.1, 0.15) is 110 Å². The molecular weight excluding hydrogens is 316 g/mol. The van der Waals surface area contributed by atoms with Gasteiger partial charge in [0.15, 0.2) is 0 Å². The highest BCUT2D eigenvalue weighted by atomic mass is 16.4. The molecule has 0 heterocycles. The summed E-state index contributed by atoms with van der Waals surface area (Å²) in [5, 5.41) is 18.1. The predicted octanol–water partition coefficient (Wildman–Crippen LogP) is 6.28. The summed E-state index contributed by atoms with van der Waals surface area (Å²) in [6.45, 7) is 4.38. The summed E-state index contributed by atoms with van der Waals surface area (Å²) in [4.78, 5) is 22.0. The Hall–Kier alpha value is -1.06. The topological polar surface area (TPSA) is 74.6 Å². The molecule has 2 atom stereocenters. The van der Waals surface area contributed by atoms with Crippen LogP contribution in [0.25, 0.3) is 0 Å². The van der Waals surface area contributed by atoms with E-state index in [0.717, 1.165) is 32.1 Å². The Labute approximate surface area is 154 Å². The van der Waals surface area contributed by atoms with E-state index in [1.807, 2.05) is 0 Å². The number of carboxylic acid groups (broad SMARTS) is 2. The molecule has 0 bridgehead atoms. The third kappa shape index (κ3) is 16.2. The normalized spacial score (nSPS) is 13.5. The highest BCUT2D eigenvalue weighted by Gasteiger charge is 2.19. The van der Waals surface area contributed by atoms with E-state index < -0.39 is 11.9 Å². The third-order valence-corrected chi connectivity index (χ3v) is 5.06. The number of unbranched alkanes of at least 4 members (excludes halogenated alkanes) is 6. The number of hydrogen-bond donors (Lipinski definition) is 2. The van der Waals surface area contributed by atoms with Crippen LogP contribution in [-0.4, -0.2) is 22.2 Å². The van der Waals surface area contributed by atoms with Crippen molar-refractivity contribution in [2.75, 3.05) is 0 Å². The molecule has 0 aromatic carbocycles. The lowest BCUT2D eigenvalue weighted by Crippen LogP contribution is -2.14. The molecule has 0 amide bonds. The van der Waals surface area contributed by atoms with Crippen molar-refractivity contribution in [1.29, 1.82) is 0 Å². The smallest absolute Gasteiger partial charge is 0.303 e. The Morgan fingerprint density at radius 3 is 1.68 bits per heavy atom. The minimum Gasteiger partial charge on any atom is -0.481 e. The van der Waals surface area contributed by atoms with Crippen LogP contribution in [0.15, 0.2) is 0 Å². The first-order valence-corrected chi connectivity index (χ1v) is 10.4. The van der Waals surface area contributed by atoms with Crippen LogP contribution < -0.4 is 0 Å². The SMILES string of the molecule is CCCCCCC(CCCC(=O)O)CC(CCCCCC)CC(=O)O. The first-order chi connectivity index (χ1) is 12.0. The van der Waals surface area contributed by atoms with Gasteiger partial charge in [0.25, 0.3) is 0 Å². The Morgan fingerprint density at radius 2 is 1.20 bits per heavy atom. The minimum absolute atomic E-state index is 0.228. The highest BCUT2D eigenvalue weighted by molar-refractivity contribution is 5.67. The van der Waals surface area contributed by atoms with Crippen LogP contribution in [0.5, 0.6) is 0 Å². The van der Waals surface area contributed by atoms with Crippen molar-refractivity contribution in [3.63, 3.8) is 0 Å². The maximum atomic E-state index is 11.2. The fourth-order valence-corrected chi connectivity index (χ4v) is 3.66. The summed E-state index contributed by atoms with van der Waals surface area (Å²) < 4.78 is 0. The molecule has 0 rings (SSSR count). The molecular formula is C21H40O4. The molecule has 0 aliphatic heterocycles. The Morgan fingerprint density at radius 1 is 0.680 bits per heavy atom. The molecule has 25 heavy (non-hydrogen) atoms. The Balaban J connectivity index is 4.48. The summed E-state index contributed by atoms with van der Waals surface area (Å²) in [6, 6.07) is 0. The van der Waals surface area contributed by atoms with Crippen LogP contribution in [0.3, 0.4) is 0 Å². The second-order valence-corrected chi connectivity index (χ2v) is 7.55. The Kier molecular flexibility index (Phi) is 15.7. The quantitative estimate of drug-likeness (QED) is 0.283. The van der Waals surface area contributed by atoms with Gasteiger partial charge in [0.05, 0.1) is 0 Å². The van der Waals surface area contributed by atoms with Crippen molar-refractivity contribution in [3.8, 4) is 0 Å². The maximum Gasteiger partial charge on any atom is 0.303 e. The molecule has 148 valence electrons. The molecule has 2 unspecified atom stereocenters. The second-order valence-electron chi connectivity index (χ2n) is 7.55. The maximum absolute atomic E-state index is 11.2. The van der Waals surface area contributed by atoms with Crippen LogP contribution in [-0.2, 0) is 9.59 Å². The fraction of sp³-hybridized carbons (Fsp3) is 0.905. The van der Waals surface area contributed by atoms with Gasteiger partial charge in [-0.1, -0.05) is 71.6 Å². The molecule has 2 N–H and O–H groups in total. The summed E-state index contributed by atoms with van der Waals surface area (Å²) in [7, 11) is 0. The summed E-state index contributed by atoms with van der Waals surface area (Å²) in [6.07, 6.45) is 14.8. The van der Waals surface area contributed by atoms with Crippen molar-refractivity contribution in [2.24, 2.45) is 11.8 Å². The van der Waals surface area contributed by atoms with Gasteiger partial charge in [-0.15, -0.1) is 0 Å². The number of carbonyl (C=O) groups is 2. The largest absolute Gasteiger partial charge is 0.481 e. The number of rotatable bonds is 18. The Bertz CT molecular complexity index is 341. The molecule has 0 aliphatic carbocycles. The van der Waals surface area contributed by atoms with E-state index >= 15 is 0 Å². The van der Waals surface area contributed by atoms with Gasteiger partial charge in [-0.3, -0.25) is 9.59 Å². The lowest BCUT2D eigenvalue weighted by molar-refractivity contribution is -0.138. The summed E-state index contributed by atoms with van der Waals surface area (Å²) in [5.74, 6) is -0.704. The average Bonchev–Trinajstić information content (AvgIpc) is 2.54. The first kappa shape index (κ1) is 23.9. The molecule has 0 fully saturated rings. The standard InChI is InChI=1S/C21H40O4/c1-3-5-7-9-12-18(14-11-15-20(22)23)16-19(17-21(24)25)13-10-8-6-4-2/h18-19H,3-17H2,1-2H3,(H,22,23)(H,24,25). The van der Waals surface area contributed by atoms with Gasteiger partial charge in [-0.2, -0.15) is 0 Å². The van der Waals surface area contributed by atoms with E-state index in [1.165, 1.54) is 44.9 Å². The van der Waals surface area contributed by atoms with Crippen molar-refractivity contribution < 1.29 is 19.8 Å². The summed E-state index contributed by atoms with van der Waals surface area (Å²) in [5.41, 5.74) is 0. The highest BCUT2D eigenvalue weighted by Crippen LogP contribution is 2.29. The second kappa shape index (κ2) is 16.4. The van der Waals surface area contributed by atoms with Crippen molar-refractivity contribution in [3.05, 3.63) is 0 Å². The molecule has 0 radical (unpaired) electrons. The van der Waals surface area contributed by atoms with Gasteiger partial charge in [0.1, 0.15) is 0 Å². The van der Waals surface area contributed by atoms with Crippen LogP contribution >= 0.6 is 0 Å². The van der Waals surface area contributed by atoms with Crippen LogP contribution in [0.2, 0.25) is 0 Å². The molecule has 0 saturated carbocycles. The van der Waals surface area contributed by atoms with E-state index in [9.17, 15) is 14.7 Å². The number of carboxylic acids is 2. The molecule has 0 aromatic heterocycles. The van der Waals surface area contributed by atoms with Crippen LogP contribution in [0, 0.1) is 11.8 Å². The van der Waals surface area contributed by atoms with E-state index in [1.54, 1.807) is 0 Å². The zero-order valence-corrected chi connectivity index (χ0v) is 16.5. The van der Waals surface area contributed by atoms with Gasteiger partial charge < -0.3 is 10.2 Å². The van der Waals surface area contributed by atoms with Crippen LogP contribution in [0.4, 0.5) is 0 Å². The number of hydrogen-bond acceptors (Lipinski definition) is 2. The van der Waals surface area contributed by atoms with E-state index in [0.29, 0.717) is 12.3 Å². The first-order valence-electron chi connectivity index (χ1n) is 10.4. The van der Waals surface area contributed by atoms with Gasteiger partial charge in [0, 0.05) is 12.8 Å². The molecule has 4 nitrogen and oxygen atoms in total. The van der Waals surface area contributed by atoms with Gasteiger partial charge in [0.2, 0.25) is 0 Å². The predicted molar refractivity (Wildman–Crippen MR) is 103 cm³/mol. The lowest BCUT2D eigenvalue weighted by atomic mass is 9.83. The van der Waals surface area contributed by atoms with Gasteiger partial charge in [-0.05, 0) is 37.5 Å². The van der Waals surface area contributed by atoms with Gasteiger partial charge >= 0.3 is 11.9 Å². The monoisotopic (exact) mass is 356 g/mol. The van der Waals surface area contributed by atoms with Crippen molar-refractivity contribution in [1.82, 2.24) is 0 Å². The van der Waals surface area contributed by atoms with Crippen molar-refractivity contribution >= 4 is 11.9 Å². The zero-order valence-electron chi connectivity index (χ0n) is 16.5. The molecule has 4 heteroatoms. The van der Waals surface area contributed by atoms with E-state index in [-0.39, 0.29) is 18.8 Å². The summed E-state index contributed by atoms with van der Waals surface area (Å²) >= 11 is 0. The third-order valence-electron chi connectivity index (χ3n) is 5.06. The molecule has 0 aliphatic rings. The zero-order chi connectivity index (χ0) is 18.9. The van der Waals surface area contributed by atoms with E-state index in [2.05, 4.69) is 13.8 Å². The molecule has 0 saturated heterocycles. The average molecular weight is 357 g/mol. The minimum atomic E-state index is -0.730. The molecule has 0 aromatic rings. The number of aliphatic carboxylic acids is 2.